The molecule has 142 valence electrons. The molecule has 0 spiro atoms. The van der Waals surface area contributed by atoms with Crippen LogP contribution in [0.15, 0.2) is 42.5 Å². The number of Topliss-reactive ketones (excluding diaryl/α,β-unsaturated/α-hetero) is 1. The van der Waals surface area contributed by atoms with Gasteiger partial charge in [-0.05, 0) is 37.3 Å². The number of ether oxygens (including phenoxy) is 1. The van der Waals surface area contributed by atoms with Gasteiger partial charge in [0.2, 0.25) is 5.88 Å². The maximum atomic E-state index is 14.6. The molecule has 28 heavy (non-hydrogen) atoms. The lowest BCUT2D eigenvalue weighted by atomic mass is 10.0. The average molecular weight is 417 g/mol. The quantitative estimate of drug-likeness (QED) is 0.448. The van der Waals surface area contributed by atoms with Gasteiger partial charge in [0.05, 0.1) is 28.6 Å². The number of rotatable bonds is 4. The maximum Gasteiger partial charge on any atom is 0.242 e. The number of ketones is 1. The van der Waals surface area contributed by atoms with Crippen molar-refractivity contribution in [3.63, 3.8) is 0 Å². The SMILES string of the molecule is COc1c(C(C)=O)c(-c2ccccc2F)n(-c2nc3ccc(Cl)cc3s2)c1O. The zero-order chi connectivity index (χ0) is 20.0. The largest absolute Gasteiger partial charge is 0.492 e. The molecule has 2 aromatic heterocycles. The van der Waals surface area contributed by atoms with Crippen LogP contribution < -0.4 is 4.74 Å². The third-order valence-electron chi connectivity index (χ3n) is 4.32. The molecule has 5 nitrogen and oxygen atoms in total. The van der Waals surface area contributed by atoms with E-state index in [1.165, 1.54) is 42.1 Å². The molecular weight excluding hydrogens is 403 g/mol. The van der Waals surface area contributed by atoms with Crippen LogP contribution in [0.25, 0.3) is 26.6 Å². The van der Waals surface area contributed by atoms with Gasteiger partial charge in [-0.2, -0.15) is 0 Å². The van der Waals surface area contributed by atoms with Crippen molar-refractivity contribution >= 4 is 38.9 Å². The minimum absolute atomic E-state index is 0.0250. The molecule has 4 aromatic rings. The highest BCUT2D eigenvalue weighted by Gasteiger charge is 2.30. The molecule has 2 aromatic carbocycles. The standard InChI is InChI=1S/C20H14ClFN2O3S/c1-10(25)16-17(12-5-3-4-6-13(12)22)24(19(26)18(16)27-2)20-23-14-8-7-11(21)9-15(14)28-20/h3-9,26H,1-2H3. The molecule has 2 heterocycles. The predicted octanol–water partition coefficient (Wildman–Crippen LogP) is 5.46. The summed E-state index contributed by atoms with van der Waals surface area (Å²) in [5.74, 6) is -1.25. The maximum absolute atomic E-state index is 14.6. The van der Waals surface area contributed by atoms with Crippen LogP contribution in [0.1, 0.15) is 17.3 Å². The number of fused-ring (bicyclic) bond motifs is 1. The van der Waals surface area contributed by atoms with Crippen molar-refractivity contribution in [3.05, 3.63) is 58.9 Å². The molecule has 0 aliphatic carbocycles. The summed E-state index contributed by atoms with van der Waals surface area (Å²) in [5.41, 5.74) is 1.09. The number of nitrogens with zero attached hydrogens (tertiary/aromatic N) is 2. The molecule has 0 saturated carbocycles. The smallest absolute Gasteiger partial charge is 0.242 e. The van der Waals surface area contributed by atoms with Gasteiger partial charge in [0.25, 0.3) is 0 Å². The Hall–Kier alpha value is -2.90. The van der Waals surface area contributed by atoms with Crippen molar-refractivity contribution in [2.45, 2.75) is 6.92 Å². The Labute approximate surface area is 168 Å². The lowest BCUT2D eigenvalue weighted by molar-refractivity contribution is 0.101. The van der Waals surface area contributed by atoms with Gasteiger partial charge >= 0.3 is 0 Å². The number of hydrogen-bond acceptors (Lipinski definition) is 5. The van der Waals surface area contributed by atoms with Crippen LogP contribution in [0.2, 0.25) is 5.02 Å². The Balaban J connectivity index is 2.11. The van der Waals surface area contributed by atoms with E-state index in [9.17, 15) is 14.3 Å². The summed E-state index contributed by atoms with van der Waals surface area (Å²) in [7, 11) is 1.34. The van der Waals surface area contributed by atoms with Crippen LogP contribution in [-0.4, -0.2) is 27.6 Å². The number of hydrogen-bond donors (Lipinski definition) is 1. The van der Waals surface area contributed by atoms with Crippen LogP contribution in [-0.2, 0) is 0 Å². The molecule has 8 heteroatoms. The van der Waals surface area contributed by atoms with E-state index in [0.29, 0.717) is 15.7 Å². The van der Waals surface area contributed by atoms with Gasteiger partial charge in [0.1, 0.15) is 5.82 Å². The van der Waals surface area contributed by atoms with Gasteiger partial charge in [-0.15, -0.1) is 0 Å². The van der Waals surface area contributed by atoms with E-state index >= 15 is 0 Å². The van der Waals surface area contributed by atoms with Gasteiger partial charge in [-0.25, -0.2) is 9.37 Å². The van der Waals surface area contributed by atoms with Gasteiger partial charge in [-0.1, -0.05) is 35.1 Å². The summed E-state index contributed by atoms with van der Waals surface area (Å²) >= 11 is 7.31. The number of aromatic nitrogens is 2. The van der Waals surface area contributed by atoms with E-state index in [1.54, 1.807) is 30.3 Å². The van der Waals surface area contributed by atoms with Crippen LogP contribution in [0.4, 0.5) is 4.39 Å². The topological polar surface area (TPSA) is 64.4 Å². The predicted molar refractivity (Wildman–Crippen MR) is 108 cm³/mol. The number of benzene rings is 2. The molecule has 1 N–H and O–H groups in total. The third-order valence-corrected chi connectivity index (χ3v) is 5.56. The van der Waals surface area contributed by atoms with E-state index in [2.05, 4.69) is 4.98 Å². The lowest BCUT2D eigenvalue weighted by Gasteiger charge is -2.09. The number of thiazole rings is 1. The van der Waals surface area contributed by atoms with Crippen LogP contribution in [0.3, 0.4) is 0 Å². The highest BCUT2D eigenvalue weighted by Crippen LogP contribution is 2.45. The molecule has 0 unspecified atom stereocenters. The lowest BCUT2D eigenvalue weighted by Crippen LogP contribution is -2.02. The van der Waals surface area contributed by atoms with Crippen LogP contribution in [0.5, 0.6) is 11.6 Å². The first kappa shape index (κ1) is 18.5. The number of aromatic hydroxyl groups is 1. The van der Waals surface area contributed by atoms with E-state index in [1.807, 2.05) is 0 Å². The first-order valence-electron chi connectivity index (χ1n) is 8.26. The summed E-state index contributed by atoms with van der Waals surface area (Å²) in [5, 5.41) is 11.7. The summed E-state index contributed by atoms with van der Waals surface area (Å²) in [4.78, 5) is 16.9. The van der Waals surface area contributed by atoms with Crippen molar-refractivity contribution in [2.75, 3.05) is 7.11 Å². The molecule has 0 bridgehead atoms. The number of methoxy groups -OCH3 is 1. The average Bonchev–Trinajstić information content (AvgIpc) is 3.19. The summed E-state index contributed by atoms with van der Waals surface area (Å²) < 4.78 is 22.0. The van der Waals surface area contributed by atoms with Crippen LogP contribution >= 0.6 is 22.9 Å². The van der Waals surface area contributed by atoms with E-state index in [-0.39, 0.29) is 34.2 Å². The zero-order valence-corrected chi connectivity index (χ0v) is 16.4. The molecule has 0 radical (unpaired) electrons. The van der Waals surface area contributed by atoms with E-state index in [4.69, 9.17) is 16.3 Å². The third kappa shape index (κ3) is 2.83. The van der Waals surface area contributed by atoms with Gasteiger partial charge < -0.3 is 9.84 Å². The Morgan fingerprint density at radius 3 is 2.71 bits per heavy atom. The summed E-state index contributed by atoms with van der Waals surface area (Å²) in [6.45, 7) is 1.34. The Kier molecular flexibility index (Phi) is 4.56. The van der Waals surface area contributed by atoms with Gasteiger partial charge in [0.15, 0.2) is 16.7 Å². The molecular formula is C20H14ClFN2O3S. The normalized spacial score (nSPS) is 11.1. The van der Waals surface area contributed by atoms with E-state index < -0.39 is 5.82 Å². The minimum Gasteiger partial charge on any atom is -0.492 e. The summed E-state index contributed by atoms with van der Waals surface area (Å²) in [6.07, 6.45) is 0. The molecule has 0 amide bonds. The van der Waals surface area contributed by atoms with Crippen molar-refractivity contribution in [1.29, 1.82) is 0 Å². The molecule has 0 aliphatic heterocycles. The Morgan fingerprint density at radius 2 is 2.04 bits per heavy atom. The monoisotopic (exact) mass is 416 g/mol. The number of halogens is 2. The van der Waals surface area contributed by atoms with E-state index in [0.717, 1.165) is 4.70 Å². The van der Waals surface area contributed by atoms with Crippen molar-refractivity contribution in [2.24, 2.45) is 0 Å². The zero-order valence-electron chi connectivity index (χ0n) is 14.9. The van der Waals surface area contributed by atoms with Gasteiger partial charge in [-0.3, -0.25) is 9.36 Å². The number of carbonyl (C=O) groups is 1. The summed E-state index contributed by atoms with van der Waals surface area (Å²) in [6, 6.07) is 11.3. The second-order valence-corrected chi connectivity index (χ2v) is 7.51. The molecule has 0 atom stereocenters. The van der Waals surface area contributed by atoms with Crippen molar-refractivity contribution in [3.8, 4) is 28.0 Å². The van der Waals surface area contributed by atoms with Crippen LogP contribution in [0, 0.1) is 5.82 Å². The highest BCUT2D eigenvalue weighted by molar-refractivity contribution is 7.20. The molecule has 4 rings (SSSR count). The molecule has 0 fully saturated rings. The highest BCUT2D eigenvalue weighted by atomic mass is 35.5. The second-order valence-electron chi connectivity index (χ2n) is 6.06. The van der Waals surface area contributed by atoms with Crippen molar-refractivity contribution < 1.29 is 19.0 Å². The molecule has 0 saturated heterocycles. The fourth-order valence-corrected chi connectivity index (χ4v) is 4.39. The minimum atomic E-state index is -0.532. The number of carbonyl (C=O) groups excluding carboxylic acids is 1. The first-order chi connectivity index (χ1) is 13.4. The fourth-order valence-electron chi connectivity index (χ4n) is 3.14. The second kappa shape index (κ2) is 6.92. The Bertz CT molecular complexity index is 1230. The molecule has 0 aliphatic rings. The fraction of sp³-hybridized carbons (Fsp3) is 0.100. The van der Waals surface area contributed by atoms with Gasteiger partial charge in [0, 0.05) is 10.6 Å². The Morgan fingerprint density at radius 1 is 1.29 bits per heavy atom. The van der Waals surface area contributed by atoms with Crippen molar-refractivity contribution in [1.82, 2.24) is 9.55 Å². The first-order valence-corrected chi connectivity index (χ1v) is 9.45.